The maximum Gasteiger partial charge on any atom is 0.243 e. The van der Waals surface area contributed by atoms with Crippen molar-refractivity contribution in [1.29, 1.82) is 0 Å². The molecule has 0 amide bonds. The highest BCUT2D eigenvalue weighted by molar-refractivity contribution is 7.89. The Bertz CT molecular complexity index is 836. The van der Waals surface area contributed by atoms with Gasteiger partial charge in [0.05, 0.1) is 19.1 Å². The van der Waals surface area contributed by atoms with Gasteiger partial charge >= 0.3 is 0 Å². The molecule has 0 saturated carbocycles. The SMILES string of the molecule is COc1ccc(CN(C)S(=O)(=O)c2ccc(F)c(C)c2)cc1OC. The number of methoxy groups -OCH3 is 2. The first-order chi connectivity index (χ1) is 11.3. The third kappa shape index (κ3) is 3.68. The fourth-order valence-electron chi connectivity index (χ4n) is 2.28. The summed E-state index contributed by atoms with van der Waals surface area (Å²) in [5.41, 5.74) is 1.04. The lowest BCUT2D eigenvalue weighted by atomic mass is 10.2. The van der Waals surface area contributed by atoms with E-state index in [4.69, 9.17) is 9.47 Å². The molecule has 2 aromatic carbocycles. The van der Waals surface area contributed by atoms with Gasteiger partial charge in [-0.1, -0.05) is 6.07 Å². The van der Waals surface area contributed by atoms with Crippen LogP contribution in [0.25, 0.3) is 0 Å². The van der Waals surface area contributed by atoms with Crippen LogP contribution in [0.15, 0.2) is 41.3 Å². The van der Waals surface area contributed by atoms with Crippen LogP contribution in [0.5, 0.6) is 11.5 Å². The lowest BCUT2D eigenvalue weighted by Crippen LogP contribution is -2.26. The van der Waals surface area contributed by atoms with Crippen LogP contribution in [0, 0.1) is 12.7 Å². The zero-order chi connectivity index (χ0) is 17.9. The molecule has 0 aliphatic carbocycles. The lowest BCUT2D eigenvalue weighted by molar-refractivity contribution is 0.354. The van der Waals surface area contributed by atoms with Crippen LogP contribution in [0.2, 0.25) is 0 Å². The minimum absolute atomic E-state index is 0.0596. The maximum atomic E-state index is 13.4. The van der Waals surface area contributed by atoms with Crippen LogP contribution in [0.1, 0.15) is 11.1 Å². The van der Waals surface area contributed by atoms with Gasteiger partial charge in [-0.2, -0.15) is 4.31 Å². The summed E-state index contributed by atoms with van der Waals surface area (Å²) in [5, 5.41) is 0. The summed E-state index contributed by atoms with van der Waals surface area (Å²) in [7, 11) is 0.810. The molecule has 0 unspecified atom stereocenters. The smallest absolute Gasteiger partial charge is 0.243 e. The molecule has 0 aliphatic heterocycles. The van der Waals surface area contributed by atoms with Gasteiger partial charge in [0.15, 0.2) is 11.5 Å². The van der Waals surface area contributed by atoms with Crippen molar-refractivity contribution in [2.45, 2.75) is 18.4 Å². The number of hydrogen-bond acceptors (Lipinski definition) is 4. The van der Waals surface area contributed by atoms with Crippen LogP contribution in [0.3, 0.4) is 0 Å². The molecule has 0 aliphatic rings. The minimum atomic E-state index is -3.72. The molecule has 0 aromatic heterocycles. The van der Waals surface area contributed by atoms with Crippen LogP contribution < -0.4 is 9.47 Å². The Labute approximate surface area is 141 Å². The van der Waals surface area contributed by atoms with Crippen molar-refractivity contribution in [2.24, 2.45) is 0 Å². The zero-order valence-electron chi connectivity index (χ0n) is 14.0. The van der Waals surface area contributed by atoms with Crippen LogP contribution in [0.4, 0.5) is 4.39 Å². The van der Waals surface area contributed by atoms with Crippen molar-refractivity contribution in [1.82, 2.24) is 4.31 Å². The normalized spacial score (nSPS) is 11.6. The number of benzene rings is 2. The maximum absolute atomic E-state index is 13.4. The highest BCUT2D eigenvalue weighted by Crippen LogP contribution is 2.28. The summed E-state index contributed by atoms with van der Waals surface area (Å²) in [6.45, 7) is 1.68. The topological polar surface area (TPSA) is 55.8 Å². The predicted octanol–water partition coefficient (Wildman–Crippen LogP) is 2.97. The number of rotatable bonds is 6. The first-order valence-corrected chi connectivity index (χ1v) is 8.67. The number of aryl methyl sites for hydroxylation is 1. The molecule has 0 fully saturated rings. The second-order valence-corrected chi connectivity index (χ2v) is 7.41. The molecule has 5 nitrogen and oxygen atoms in total. The monoisotopic (exact) mass is 353 g/mol. The number of sulfonamides is 1. The first-order valence-electron chi connectivity index (χ1n) is 7.23. The highest BCUT2D eigenvalue weighted by atomic mass is 32.2. The van der Waals surface area contributed by atoms with E-state index in [1.165, 1.54) is 44.6 Å². The standard InChI is InChI=1S/C17H20FNO4S/c1-12-9-14(6-7-15(12)18)24(20,21)19(2)11-13-5-8-16(22-3)17(10-13)23-4/h5-10H,11H2,1-4H3. The molecule has 0 N–H and O–H groups in total. The van der Waals surface area contributed by atoms with E-state index < -0.39 is 15.8 Å². The van der Waals surface area contributed by atoms with E-state index in [0.29, 0.717) is 11.5 Å². The number of halogens is 1. The van der Waals surface area contributed by atoms with E-state index >= 15 is 0 Å². The number of ether oxygens (including phenoxy) is 2. The Morgan fingerprint density at radius 2 is 1.71 bits per heavy atom. The van der Waals surface area contributed by atoms with E-state index in [2.05, 4.69) is 0 Å². The summed E-state index contributed by atoms with van der Waals surface area (Å²) in [5.74, 6) is 0.663. The largest absolute Gasteiger partial charge is 0.493 e. The molecular formula is C17H20FNO4S. The van der Waals surface area contributed by atoms with Gasteiger partial charge in [0, 0.05) is 13.6 Å². The van der Waals surface area contributed by atoms with E-state index in [-0.39, 0.29) is 17.0 Å². The summed E-state index contributed by atoms with van der Waals surface area (Å²) in [6.07, 6.45) is 0. The van der Waals surface area contributed by atoms with E-state index in [1.807, 2.05) is 0 Å². The summed E-state index contributed by atoms with van der Waals surface area (Å²) >= 11 is 0. The van der Waals surface area contributed by atoms with Crippen LogP contribution >= 0.6 is 0 Å². The number of nitrogens with zero attached hydrogens (tertiary/aromatic N) is 1. The molecule has 0 atom stereocenters. The summed E-state index contributed by atoms with van der Waals surface area (Å²) in [6, 6.07) is 8.96. The first kappa shape index (κ1) is 18.2. The van der Waals surface area contributed by atoms with Gasteiger partial charge in [0.2, 0.25) is 10.0 Å². The Kier molecular flexibility index (Phi) is 5.46. The van der Waals surface area contributed by atoms with Gasteiger partial charge in [0.25, 0.3) is 0 Å². The Morgan fingerprint density at radius 3 is 2.29 bits per heavy atom. The molecule has 0 heterocycles. The van der Waals surface area contributed by atoms with E-state index in [1.54, 1.807) is 18.2 Å². The Hall–Kier alpha value is -2.12. The fourth-order valence-corrected chi connectivity index (χ4v) is 3.52. The van der Waals surface area contributed by atoms with Crippen molar-refractivity contribution < 1.29 is 22.3 Å². The van der Waals surface area contributed by atoms with Crippen molar-refractivity contribution in [3.8, 4) is 11.5 Å². The van der Waals surface area contributed by atoms with Crippen LogP contribution in [-0.2, 0) is 16.6 Å². The van der Waals surface area contributed by atoms with Gasteiger partial charge in [-0.05, 0) is 48.4 Å². The van der Waals surface area contributed by atoms with Gasteiger partial charge in [-0.3, -0.25) is 0 Å². The molecular weight excluding hydrogens is 333 g/mol. The molecule has 2 aromatic rings. The predicted molar refractivity (Wildman–Crippen MR) is 89.3 cm³/mol. The quantitative estimate of drug-likeness (QED) is 0.801. The molecule has 0 saturated heterocycles. The molecule has 0 bridgehead atoms. The second-order valence-electron chi connectivity index (χ2n) is 5.36. The van der Waals surface area contributed by atoms with Crippen molar-refractivity contribution in [2.75, 3.05) is 21.3 Å². The van der Waals surface area contributed by atoms with Crippen molar-refractivity contribution in [3.63, 3.8) is 0 Å². The average Bonchev–Trinajstić information content (AvgIpc) is 2.56. The number of hydrogen-bond donors (Lipinski definition) is 0. The van der Waals surface area contributed by atoms with Crippen molar-refractivity contribution in [3.05, 3.63) is 53.3 Å². The van der Waals surface area contributed by atoms with Gasteiger partial charge < -0.3 is 9.47 Å². The van der Waals surface area contributed by atoms with Gasteiger partial charge in [-0.25, -0.2) is 12.8 Å². The molecule has 0 radical (unpaired) electrons. The third-order valence-corrected chi connectivity index (χ3v) is 5.49. The summed E-state index contributed by atoms with van der Waals surface area (Å²) in [4.78, 5) is 0.0596. The van der Waals surface area contributed by atoms with Gasteiger partial charge in [-0.15, -0.1) is 0 Å². The molecule has 0 spiro atoms. The second kappa shape index (κ2) is 7.19. The third-order valence-electron chi connectivity index (χ3n) is 3.69. The summed E-state index contributed by atoms with van der Waals surface area (Å²) < 4.78 is 50.2. The Morgan fingerprint density at radius 1 is 1.04 bits per heavy atom. The van der Waals surface area contributed by atoms with E-state index in [9.17, 15) is 12.8 Å². The molecule has 24 heavy (non-hydrogen) atoms. The lowest BCUT2D eigenvalue weighted by Gasteiger charge is -2.18. The Balaban J connectivity index is 2.27. The fraction of sp³-hybridized carbons (Fsp3) is 0.294. The molecule has 130 valence electrons. The minimum Gasteiger partial charge on any atom is -0.493 e. The van der Waals surface area contributed by atoms with Gasteiger partial charge in [0.1, 0.15) is 5.82 Å². The average molecular weight is 353 g/mol. The molecule has 7 heteroatoms. The van der Waals surface area contributed by atoms with Crippen LogP contribution in [-0.4, -0.2) is 34.0 Å². The highest BCUT2D eigenvalue weighted by Gasteiger charge is 2.22. The van der Waals surface area contributed by atoms with Crippen molar-refractivity contribution >= 4 is 10.0 Å². The van der Waals surface area contributed by atoms with E-state index in [0.717, 1.165) is 11.6 Å². The molecule has 2 rings (SSSR count). The zero-order valence-corrected chi connectivity index (χ0v) is 14.9.